The highest BCUT2D eigenvalue weighted by Gasteiger charge is 2.45. The number of aliphatic carboxylic acids is 1. The third-order valence-electron chi connectivity index (χ3n) is 5.37. The standard InChI is InChI=1S/C23H21FN2O7/c24-16-9-5-14(6-10-16)20-19(21(29)15-7-11-17(12-8-15)26(32)33)22(30)23(31)25(20)13-3-1-2-4-18(27)28/h5-12,20,29H,1-4,13H2,(H,27,28)/t20-/m0/s1. The van der Waals surface area contributed by atoms with Gasteiger partial charge in [-0.25, -0.2) is 4.39 Å². The van der Waals surface area contributed by atoms with Crippen molar-refractivity contribution in [1.29, 1.82) is 0 Å². The zero-order valence-corrected chi connectivity index (χ0v) is 17.4. The number of nitro groups is 1. The molecule has 0 aliphatic carbocycles. The lowest BCUT2D eigenvalue weighted by molar-refractivity contribution is -0.384. The summed E-state index contributed by atoms with van der Waals surface area (Å²) in [4.78, 5) is 47.9. The maximum atomic E-state index is 13.5. The van der Waals surface area contributed by atoms with Crippen LogP contribution in [0.3, 0.4) is 0 Å². The highest BCUT2D eigenvalue weighted by Crippen LogP contribution is 2.39. The SMILES string of the molecule is O=C(O)CCCCCN1C(=O)C(=O)C(=C(O)c2ccc([N+](=O)[O-])cc2)[C@@H]1c1ccc(F)cc1. The number of ketones is 1. The van der Waals surface area contributed by atoms with Crippen molar-refractivity contribution in [3.05, 3.63) is 81.2 Å². The highest BCUT2D eigenvalue weighted by atomic mass is 19.1. The minimum absolute atomic E-state index is 0.0135. The van der Waals surface area contributed by atoms with Crippen LogP contribution in [0, 0.1) is 15.9 Å². The van der Waals surface area contributed by atoms with E-state index in [4.69, 9.17) is 5.11 Å². The Kier molecular flexibility index (Phi) is 7.17. The summed E-state index contributed by atoms with van der Waals surface area (Å²) in [6, 6.07) is 9.06. The molecule has 0 bridgehead atoms. The van der Waals surface area contributed by atoms with Gasteiger partial charge in [0.25, 0.3) is 17.4 Å². The Hall–Kier alpha value is -4.08. The third-order valence-corrected chi connectivity index (χ3v) is 5.37. The van der Waals surface area contributed by atoms with Crippen LogP contribution in [0.1, 0.15) is 42.9 Å². The van der Waals surface area contributed by atoms with Gasteiger partial charge in [-0.2, -0.15) is 0 Å². The molecule has 9 nitrogen and oxygen atoms in total. The number of Topliss-reactive ketones (excluding diaryl/α,β-unsaturated/α-hetero) is 1. The summed E-state index contributed by atoms with van der Waals surface area (Å²) in [7, 11) is 0. The Morgan fingerprint density at radius 3 is 2.21 bits per heavy atom. The van der Waals surface area contributed by atoms with Crippen molar-refractivity contribution in [3.63, 3.8) is 0 Å². The van der Waals surface area contributed by atoms with E-state index in [0.717, 1.165) is 0 Å². The summed E-state index contributed by atoms with van der Waals surface area (Å²) in [5, 5.41) is 30.5. The predicted molar refractivity (Wildman–Crippen MR) is 115 cm³/mol. The molecule has 1 fully saturated rings. The van der Waals surface area contributed by atoms with Gasteiger partial charge in [-0.15, -0.1) is 0 Å². The lowest BCUT2D eigenvalue weighted by Gasteiger charge is -2.25. The molecule has 0 aromatic heterocycles. The topological polar surface area (TPSA) is 138 Å². The molecule has 1 aliphatic heterocycles. The maximum Gasteiger partial charge on any atom is 0.303 e. The molecule has 0 saturated carbocycles. The summed E-state index contributed by atoms with van der Waals surface area (Å²) in [6.45, 7) is 0.128. The average Bonchev–Trinajstić information content (AvgIpc) is 3.03. The normalized spacial score (nSPS) is 17.4. The zero-order chi connectivity index (χ0) is 24.1. The van der Waals surface area contributed by atoms with Gasteiger partial charge in [-0.3, -0.25) is 24.5 Å². The molecule has 2 N–H and O–H groups in total. The van der Waals surface area contributed by atoms with E-state index in [0.29, 0.717) is 24.8 Å². The Balaban J connectivity index is 1.97. The van der Waals surface area contributed by atoms with Gasteiger partial charge in [0, 0.05) is 30.7 Å². The molecule has 172 valence electrons. The summed E-state index contributed by atoms with van der Waals surface area (Å²) < 4.78 is 13.5. The van der Waals surface area contributed by atoms with Gasteiger partial charge in [0.15, 0.2) is 0 Å². The number of carboxylic acids is 1. The molecule has 1 heterocycles. The molecule has 1 atom stereocenters. The molecule has 2 aromatic rings. The van der Waals surface area contributed by atoms with Crippen molar-refractivity contribution < 1.29 is 33.9 Å². The predicted octanol–water partition coefficient (Wildman–Crippen LogP) is 3.80. The quantitative estimate of drug-likeness (QED) is 0.146. The van der Waals surface area contributed by atoms with Crippen LogP contribution < -0.4 is 0 Å². The first kappa shape index (κ1) is 23.6. The Morgan fingerprint density at radius 1 is 1.00 bits per heavy atom. The monoisotopic (exact) mass is 456 g/mol. The summed E-state index contributed by atoms with van der Waals surface area (Å²) in [5.74, 6) is -3.70. The molecule has 1 aliphatic rings. The second-order valence-electron chi connectivity index (χ2n) is 7.55. The molecule has 1 amide bonds. The van der Waals surface area contributed by atoms with Gasteiger partial charge in [-0.1, -0.05) is 18.6 Å². The summed E-state index contributed by atoms with van der Waals surface area (Å²) in [5.41, 5.74) is 0.117. The molecule has 33 heavy (non-hydrogen) atoms. The molecule has 0 spiro atoms. The Bertz CT molecular complexity index is 1110. The van der Waals surface area contributed by atoms with Crippen molar-refractivity contribution in [2.24, 2.45) is 0 Å². The molecular formula is C23H21FN2O7. The van der Waals surface area contributed by atoms with Gasteiger partial charge < -0.3 is 15.1 Å². The largest absolute Gasteiger partial charge is 0.507 e. The number of nitro benzene ring substituents is 1. The number of carbonyl (C=O) groups is 3. The van der Waals surface area contributed by atoms with E-state index in [1.807, 2.05) is 0 Å². The second-order valence-corrected chi connectivity index (χ2v) is 7.55. The fraction of sp³-hybridized carbons (Fsp3) is 0.261. The van der Waals surface area contributed by atoms with E-state index in [1.54, 1.807) is 0 Å². The van der Waals surface area contributed by atoms with E-state index >= 15 is 0 Å². The van der Waals surface area contributed by atoms with Crippen LogP contribution in [-0.2, 0) is 14.4 Å². The van der Waals surface area contributed by atoms with Crippen LogP contribution in [0.4, 0.5) is 10.1 Å². The molecule has 0 unspecified atom stereocenters. The Labute approximate surface area is 187 Å². The number of carbonyl (C=O) groups excluding carboxylic acids is 2. The van der Waals surface area contributed by atoms with Gasteiger partial charge in [-0.05, 0) is 42.7 Å². The number of likely N-dealkylation sites (tertiary alicyclic amines) is 1. The number of aliphatic hydroxyl groups excluding tert-OH is 1. The smallest absolute Gasteiger partial charge is 0.303 e. The van der Waals surface area contributed by atoms with Crippen molar-refractivity contribution in [2.45, 2.75) is 31.7 Å². The molecule has 0 radical (unpaired) electrons. The number of unbranched alkanes of at least 4 members (excludes halogenated alkanes) is 2. The van der Waals surface area contributed by atoms with E-state index < -0.39 is 40.2 Å². The zero-order valence-electron chi connectivity index (χ0n) is 17.4. The number of rotatable bonds is 9. The number of hydrogen-bond donors (Lipinski definition) is 2. The number of hydrogen-bond acceptors (Lipinski definition) is 6. The highest BCUT2D eigenvalue weighted by molar-refractivity contribution is 6.46. The van der Waals surface area contributed by atoms with Crippen molar-refractivity contribution in [2.75, 3.05) is 6.54 Å². The van der Waals surface area contributed by atoms with Crippen LogP contribution in [-0.4, -0.2) is 44.2 Å². The summed E-state index contributed by atoms with van der Waals surface area (Å²) >= 11 is 0. The molecular weight excluding hydrogens is 435 g/mol. The first-order valence-corrected chi connectivity index (χ1v) is 10.2. The van der Waals surface area contributed by atoms with Crippen LogP contribution in [0.25, 0.3) is 5.76 Å². The van der Waals surface area contributed by atoms with Crippen molar-refractivity contribution in [1.82, 2.24) is 4.90 Å². The number of carboxylic acid groups (broad SMARTS) is 1. The summed E-state index contributed by atoms with van der Waals surface area (Å²) in [6.07, 6.45) is 1.33. The van der Waals surface area contributed by atoms with Crippen molar-refractivity contribution in [3.8, 4) is 0 Å². The van der Waals surface area contributed by atoms with Crippen LogP contribution >= 0.6 is 0 Å². The lowest BCUT2D eigenvalue weighted by Crippen LogP contribution is -2.30. The fourth-order valence-electron chi connectivity index (χ4n) is 3.73. The van der Waals surface area contributed by atoms with Gasteiger partial charge in [0.1, 0.15) is 11.6 Å². The van der Waals surface area contributed by atoms with Crippen LogP contribution in [0.5, 0.6) is 0 Å². The fourth-order valence-corrected chi connectivity index (χ4v) is 3.73. The maximum absolute atomic E-state index is 13.5. The molecule has 1 saturated heterocycles. The van der Waals surface area contributed by atoms with Gasteiger partial charge in [0.2, 0.25) is 0 Å². The molecule has 2 aromatic carbocycles. The molecule has 10 heteroatoms. The van der Waals surface area contributed by atoms with Gasteiger partial charge >= 0.3 is 5.97 Å². The van der Waals surface area contributed by atoms with E-state index in [9.17, 15) is 34.0 Å². The molecule has 3 rings (SSSR count). The van der Waals surface area contributed by atoms with Crippen molar-refractivity contribution >= 4 is 29.1 Å². The number of benzene rings is 2. The average molecular weight is 456 g/mol. The van der Waals surface area contributed by atoms with Gasteiger partial charge in [0.05, 0.1) is 16.5 Å². The first-order chi connectivity index (χ1) is 15.7. The lowest BCUT2D eigenvalue weighted by atomic mass is 9.95. The van der Waals surface area contributed by atoms with E-state index in [1.165, 1.54) is 53.4 Å². The van der Waals surface area contributed by atoms with Crippen LogP contribution in [0.15, 0.2) is 54.1 Å². The number of halogens is 1. The number of non-ortho nitro benzene ring substituents is 1. The van der Waals surface area contributed by atoms with E-state index in [-0.39, 0.29) is 29.8 Å². The number of aliphatic hydroxyl groups is 1. The minimum atomic E-state index is -0.986. The van der Waals surface area contributed by atoms with E-state index in [2.05, 4.69) is 0 Å². The number of nitrogens with zero attached hydrogens (tertiary/aromatic N) is 2. The minimum Gasteiger partial charge on any atom is -0.507 e. The Morgan fingerprint density at radius 2 is 1.64 bits per heavy atom. The first-order valence-electron chi connectivity index (χ1n) is 10.2. The van der Waals surface area contributed by atoms with Crippen LogP contribution in [0.2, 0.25) is 0 Å². The third kappa shape index (κ3) is 5.22. The number of amides is 1. The second kappa shape index (κ2) is 10.0.